The van der Waals surface area contributed by atoms with E-state index in [2.05, 4.69) is 19.2 Å². The van der Waals surface area contributed by atoms with Gasteiger partial charge in [-0.05, 0) is 25.2 Å². The molecular formula is C12H25NO3. The van der Waals surface area contributed by atoms with Crippen LogP contribution in [0.15, 0.2) is 0 Å². The molecule has 1 rings (SSSR count). The topological polar surface area (TPSA) is 39.7 Å². The first-order chi connectivity index (χ1) is 7.61. The zero-order valence-electron chi connectivity index (χ0n) is 10.9. The van der Waals surface area contributed by atoms with Crippen LogP contribution in [0.25, 0.3) is 0 Å². The summed E-state index contributed by atoms with van der Waals surface area (Å²) in [6.07, 6.45) is 2.07. The molecule has 1 fully saturated rings. The van der Waals surface area contributed by atoms with Crippen molar-refractivity contribution in [3.05, 3.63) is 0 Å². The van der Waals surface area contributed by atoms with Gasteiger partial charge in [-0.3, -0.25) is 0 Å². The van der Waals surface area contributed by atoms with E-state index in [0.717, 1.165) is 32.6 Å². The number of hydrogen-bond donors (Lipinski definition) is 1. The van der Waals surface area contributed by atoms with Crippen molar-refractivity contribution in [1.82, 2.24) is 5.32 Å². The summed E-state index contributed by atoms with van der Waals surface area (Å²) in [7, 11) is 3.34. The lowest BCUT2D eigenvalue weighted by molar-refractivity contribution is -0.121. The van der Waals surface area contributed by atoms with E-state index in [0.29, 0.717) is 5.41 Å². The summed E-state index contributed by atoms with van der Waals surface area (Å²) in [6.45, 7) is 7.14. The molecule has 0 aromatic heterocycles. The van der Waals surface area contributed by atoms with Gasteiger partial charge in [-0.1, -0.05) is 6.92 Å². The first-order valence-corrected chi connectivity index (χ1v) is 5.98. The van der Waals surface area contributed by atoms with Gasteiger partial charge in [0.05, 0.1) is 6.04 Å². The second-order valence-electron chi connectivity index (χ2n) is 4.93. The largest absolute Gasteiger partial charge is 0.381 e. The molecule has 1 heterocycles. The predicted molar refractivity (Wildman–Crippen MR) is 63.4 cm³/mol. The molecule has 1 saturated heterocycles. The first kappa shape index (κ1) is 13.9. The minimum absolute atomic E-state index is 0.177. The molecule has 4 nitrogen and oxygen atoms in total. The Kier molecular flexibility index (Phi) is 5.69. The van der Waals surface area contributed by atoms with Crippen LogP contribution in [0.5, 0.6) is 0 Å². The van der Waals surface area contributed by atoms with Gasteiger partial charge in [0.1, 0.15) is 0 Å². The van der Waals surface area contributed by atoms with E-state index in [1.165, 1.54) is 0 Å². The third-order valence-corrected chi connectivity index (χ3v) is 3.42. The molecule has 1 unspecified atom stereocenters. The molecule has 0 aromatic carbocycles. The summed E-state index contributed by atoms with van der Waals surface area (Å²) in [5.74, 6) is 0. The standard InChI is InChI=1S/C12H25NO3/c1-10(11(14-3)15-4)13-9-12(2)5-7-16-8-6-12/h10-11,13H,5-9H2,1-4H3. The van der Waals surface area contributed by atoms with Crippen molar-refractivity contribution in [2.24, 2.45) is 5.41 Å². The van der Waals surface area contributed by atoms with Crippen molar-refractivity contribution in [2.75, 3.05) is 34.0 Å². The Bertz CT molecular complexity index is 189. The average molecular weight is 231 g/mol. The van der Waals surface area contributed by atoms with Crippen LogP contribution in [0.4, 0.5) is 0 Å². The molecule has 4 heteroatoms. The van der Waals surface area contributed by atoms with Crippen molar-refractivity contribution in [2.45, 2.75) is 39.0 Å². The Morgan fingerprint density at radius 2 is 1.81 bits per heavy atom. The third kappa shape index (κ3) is 4.01. The molecule has 1 aliphatic heterocycles. The first-order valence-electron chi connectivity index (χ1n) is 5.98. The summed E-state index contributed by atoms with van der Waals surface area (Å²) in [4.78, 5) is 0. The fourth-order valence-corrected chi connectivity index (χ4v) is 2.05. The van der Waals surface area contributed by atoms with Crippen LogP contribution >= 0.6 is 0 Å². The average Bonchev–Trinajstić information content (AvgIpc) is 2.29. The van der Waals surface area contributed by atoms with E-state index in [-0.39, 0.29) is 12.3 Å². The summed E-state index contributed by atoms with van der Waals surface area (Å²) < 4.78 is 15.8. The van der Waals surface area contributed by atoms with Crippen molar-refractivity contribution in [3.8, 4) is 0 Å². The van der Waals surface area contributed by atoms with E-state index >= 15 is 0 Å². The SMILES string of the molecule is COC(OC)C(C)NCC1(C)CCOCC1. The van der Waals surface area contributed by atoms with Crippen LogP contribution in [0.2, 0.25) is 0 Å². The molecule has 16 heavy (non-hydrogen) atoms. The Hall–Kier alpha value is -0.160. The normalized spacial score (nSPS) is 22.3. The Morgan fingerprint density at radius 3 is 2.31 bits per heavy atom. The van der Waals surface area contributed by atoms with Crippen LogP contribution < -0.4 is 5.32 Å². The molecule has 0 aromatic rings. The van der Waals surface area contributed by atoms with Gasteiger partial charge in [0.2, 0.25) is 0 Å². The van der Waals surface area contributed by atoms with Crippen LogP contribution in [0.3, 0.4) is 0 Å². The summed E-state index contributed by atoms with van der Waals surface area (Å²) in [5.41, 5.74) is 0.346. The predicted octanol–water partition coefficient (Wildman–Crippen LogP) is 1.40. The molecule has 1 atom stereocenters. The summed E-state index contributed by atoms with van der Waals surface area (Å²) >= 11 is 0. The minimum atomic E-state index is -0.177. The second kappa shape index (κ2) is 6.55. The number of hydrogen-bond acceptors (Lipinski definition) is 4. The van der Waals surface area contributed by atoms with Gasteiger partial charge in [-0.25, -0.2) is 0 Å². The highest BCUT2D eigenvalue weighted by Crippen LogP contribution is 2.28. The maximum atomic E-state index is 5.38. The molecule has 0 bridgehead atoms. The van der Waals surface area contributed by atoms with Gasteiger partial charge in [0.25, 0.3) is 0 Å². The van der Waals surface area contributed by atoms with Crippen molar-refractivity contribution < 1.29 is 14.2 Å². The van der Waals surface area contributed by atoms with Crippen LogP contribution in [-0.4, -0.2) is 46.3 Å². The fourth-order valence-electron chi connectivity index (χ4n) is 2.05. The van der Waals surface area contributed by atoms with E-state index in [1.807, 2.05) is 0 Å². The Balaban J connectivity index is 2.31. The van der Waals surface area contributed by atoms with Gasteiger partial charge in [0, 0.05) is 34.0 Å². The Morgan fingerprint density at radius 1 is 1.25 bits per heavy atom. The molecule has 0 saturated carbocycles. The number of nitrogens with one attached hydrogen (secondary N) is 1. The highest BCUT2D eigenvalue weighted by atomic mass is 16.7. The highest BCUT2D eigenvalue weighted by Gasteiger charge is 2.28. The quantitative estimate of drug-likeness (QED) is 0.701. The number of rotatable bonds is 6. The Labute approximate surface area is 98.6 Å². The van der Waals surface area contributed by atoms with E-state index in [9.17, 15) is 0 Å². The number of ether oxygens (including phenoxy) is 3. The zero-order valence-corrected chi connectivity index (χ0v) is 10.9. The summed E-state index contributed by atoms with van der Waals surface area (Å²) in [5, 5.41) is 3.49. The minimum Gasteiger partial charge on any atom is -0.381 e. The molecular weight excluding hydrogens is 206 g/mol. The second-order valence-corrected chi connectivity index (χ2v) is 4.93. The van der Waals surface area contributed by atoms with Crippen LogP contribution in [-0.2, 0) is 14.2 Å². The van der Waals surface area contributed by atoms with Gasteiger partial charge in [-0.2, -0.15) is 0 Å². The molecule has 1 aliphatic rings. The molecule has 96 valence electrons. The fraction of sp³-hybridized carbons (Fsp3) is 1.00. The smallest absolute Gasteiger partial charge is 0.171 e. The van der Waals surface area contributed by atoms with Crippen molar-refractivity contribution >= 4 is 0 Å². The lowest BCUT2D eigenvalue weighted by Crippen LogP contribution is -2.45. The zero-order chi connectivity index (χ0) is 12.0. The maximum absolute atomic E-state index is 5.38. The lowest BCUT2D eigenvalue weighted by atomic mass is 9.82. The van der Waals surface area contributed by atoms with Crippen LogP contribution in [0, 0.1) is 5.41 Å². The third-order valence-electron chi connectivity index (χ3n) is 3.42. The molecule has 1 N–H and O–H groups in total. The summed E-state index contributed by atoms with van der Waals surface area (Å²) in [6, 6.07) is 0.203. The van der Waals surface area contributed by atoms with Gasteiger partial charge >= 0.3 is 0 Å². The molecule has 0 radical (unpaired) electrons. The highest BCUT2D eigenvalue weighted by molar-refractivity contribution is 4.81. The van der Waals surface area contributed by atoms with Crippen molar-refractivity contribution in [1.29, 1.82) is 0 Å². The van der Waals surface area contributed by atoms with E-state index in [1.54, 1.807) is 14.2 Å². The maximum Gasteiger partial charge on any atom is 0.171 e. The van der Waals surface area contributed by atoms with Gasteiger partial charge in [-0.15, -0.1) is 0 Å². The van der Waals surface area contributed by atoms with Crippen LogP contribution in [0.1, 0.15) is 26.7 Å². The molecule has 0 spiro atoms. The van der Waals surface area contributed by atoms with E-state index < -0.39 is 0 Å². The molecule has 0 amide bonds. The van der Waals surface area contributed by atoms with E-state index in [4.69, 9.17) is 14.2 Å². The van der Waals surface area contributed by atoms with Gasteiger partial charge < -0.3 is 19.5 Å². The molecule has 0 aliphatic carbocycles. The van der Waals surface area contributed by atoms with Crippen molar-refractivity contribution in [3.63, 3.8) is 0 Å². The monoisotopic (exact) mass is 231 g/mol. The van der Waals surface area contributed by atoms with Gasteiger partial charge in [0.15, 0.2) is 6.29 Å². The number of methoxy groups -OCH3 is 2. The lowest BCUT2D eigenvalue weighted by Gasteiger charge is -2.35.